The van der Waals surface area contributed by atoms with Crippen LogP contribution >= 0.6 is 11.6 Å². The van der Waals surface area contributed by atoms with Gasteiger partial charge < -0.3 is 5.73 Å². The number of nitrogens with two attached hydrogens (primary N) is 1. The first kappa shape index (κ1) is 17.3. The molecule has 0 spiro atoms. The van der Waals surface area contributed by atoms with E-state index in [1.165, 1.54) is 22.5 Å². The molecule has 4 nitrogen and oxygen atoms in total. The molecule has 0 atom stereocenters. The highest BCUT2D eigenvalue weighted by Crippen LogP contribution is 2.26. The van der Waals surface area contributed by atoms with Gasteiger partial charge >= 0.3 is 0 Å². The maximum atomic E-state index is 12.7. The van der Waals surface area contributed by atoms with E-state index in [1.807, 2.05) is 13.8 Å². The molecule has 0 aliphatic rings. The molecule has 0 saturated heterocycles. The summed E-state index contributed by atoms with van der Waals surface area (Å²) in [5.74, 6) is 0. The summed E-state index contributed by atoms with van der Waals surface area (Å²) >= 11 is 5.92. The van der Waals surface area contributed by atoms with Crippen LogP contribution in [0.3, 0.4) is 0 Å². The number of halogens is 1. The first-order chi connectivity index (χ1) is 9.30. The van der Waals surface area contributed by atoms with Crippen molar-refractivity contribution < 1.29 is 8.42 Å². The van der Waals surface area contributed by atoms with Gasteiger partial charge in [-0.15, -0.1) is 0 Å². The number of anilines is 1. The zero-order valence-corrected chi connectivity index (χ0v) is 13.8. The second-order valence-electron chi connectivity index (χ2n) is 5.10. The fourth-order valence-electron chi connectivity index (χ4n) is 1.98. The van der Waals surface area contributed by atoms with Crippen LogP contribution in [0.4, 0.5) is 5.69 Å². The average molecular weight is 319 g/mol. The maximum Gasteiger partial charge on any atom is 0.243 e. The highest BCUT2D eigenvalue weighted by molar-refractivity contribution is 7.89. The average Bonchev–Trinajstić information content (AvgIpc) is 2.37. The highest BCUT2D eigenvalue weighted by Gasteiger charge is 2.26. The summed E-state index contributed by atoms with van der Waals surface area (Å²) < 4.78 is 26.8. The molecule has 0 saturated carbocycles. The summed E-state index contributed by atoms with van der Waals surface area (Å²) in [5.41, 5.74) is 6.01. The number of rotatable bonds is 7. The van der Waals surface area contributed by atoms with Crippen LogP contribution in [0.25, 0.3) is 0 Å². The number of hydrogen-bond acceptors (Lipinski definition) is 3. The minimum atomic E-state index is -3.53. The topological polar surface area (TPSA) is 63.4 Å². The third-order valence-electron chi connectivity index (χ3n) is 3.14. The lowest BCUT2D eigenvalue weighted by Gasteiger charge is -2.26. The largest absolute Gasteiger partial charge is 0.398 e. The van der Waals surface area contributed by atoms with Crippen molar-refractivity contribution in [3.8, 4) is 0 Å². The molecule has 114 valence electrons. The molecule has 0 heterocycles. The Balaban J connectivity index is 3.06. The van der Waals surface area contributed by atoms with Gasteiger partial charge in [-0.2, -0.15) is 4.31 Å². The minimum absolute atomic E-state index is 0.0896. The number of unbranched alkanes of at least 4 members (excludes halogenated alkanes) is 2. The van der Waals surface area contributed by atoms with E-state index in [-0.39, 0.29) is 16.0 Å². The molecule has 0 bridgehead atoms. The second-order valence-corrected chi connectivity index (χ2v) is 7.40. The van der Waals surface area contributed by atoms with Gasteiger partial charge in [0, 0.05) is 12.6 Å². The number of sulfonamides is 1. The lowest BCUT2D eigenvalue weighted by molar-refractivity contribution is 0.345. The van der Waals surface area contributed by atoms with E-state index < -0.39 is 10.0 Å². The minimum Gasteiger partial charge on any atom is -0.398 e. The predicted molar refractivity (Wildman–Crippen MR) is 84.4 cm³/mol. The lowest BCUT2D eigenvalue weighted by atomic mass is 10.2. The normalized spacial score (nSPS) is 12.3. The van der Waals surface area contributed by atoms with Crippen molar-refractivity contribution in [3.63, 3.8) is 0 Å². The Hall–Kier alpha value is -0.780. The molecule has 0 aliphatic heterocycles. The monoisotopic (exact) mass is 318 g/mol. The van der Waals surface area contributed by atoms with E-state index in [1.54, 1.807) is 0 Å². The fraction of sp³-hybridized carbons (Fsp3) is 0.571. The fourth-order valence-corrected chi connectivity index (χ4v) is 3.92. The van der Waals surface area contributed by atoms with Gasteiger partial charge in [0.2, 0.25) is 10.0 Å². The summed E-state index contributed by atoms with van der Waals surface area (Å²) in [6, 6.07) is 4.36. The molecule has 6 heteroatoms. The molecule has 0 unspecified atom stereocenters. The standard InChI is InChI=1S/C14H23ClN2O2S/c1-4-5-6-9-17(11(2)3)20(18,19)12-7-8-14(16)13(15)10-12/h7-8,10-11H,4-6,9,16H2,1-3H3. The molecule has 0 aromatic heterocycles. The molecule has 0 aliphatic carbocycles. The van der Waals surface area contributed by atoms with Crippen molar-refractivity contribution in [1.82, 2.24) is 4.31 Å². The lowest BCUT2D eigenvalue weighted by Crippen LogP contribution is -2.37. The van der Waals surface area contributed by atoms with Crippen molar-refractivity contribution in [3.05, 3.63) is 23.2 Å². The van der Waals surface area contributed by atoms with Crippen LogP contribution < -0.4 is 5.73 Å². The van der Waals surface area contributed by atoms with Gasteiger partial charge in [0.25, 0.3) is 0 Å². The molecule has 0 radical (unpaired) electrons. The summed E-state index contributed by atoms with van der Waals surface area (Å²) in [7, 11) is -3.53. The Morgan fingerprint density at radius 2 is 1.95 bits per heavy atom. The molecule has 1 rings (SSSR count). The molecule has 1 aromatic carbocycles. The zero-order valence-electron chi connectivity index (χ0n) is 12.3. The van der Waals surface area contributed by atoms with E-state index in [4.69, 9.17) is 17.3 Å². The Morgan fingerprint density at radius 1 is 1.30 bits per heavy atom. The summed E-state index contributed by atoms with van der Waals surface area (Å²) in [5, 5.41) is 0.267. The smallest absolute Gasteiger partial charge is 0.243 e. The van der Waals surface area contributed by atoms with Gasteiger partial charge in [-0.1, -0.05) is 31.4 Å². The van der Waals surface area contributed by atoms with Gasteiger partial charge in [-0.25, -0.2) is 8.42 Å². The maximum absolute atomic E-state index is 12.7. The highest BCUT2D eigenvalue weighted by atomic mass is 35.5. The van der Waals surface area contributed by atoms with Gasteiger partial charge in [-0.05, 0) is 38.5 Å². The summed E-state index contributed by atoms with van der Waals surface area (Å²) in [6.07, 6.45) is 2.93. The van der Waals surface area contributed by atoms with Crippen LogP contribution in [-0.2, 0) is 10.0 Å². The van der Waals surface area contributed by atoms with Gasteiger partial charge in [0.05, 0.1) is 15.6 Å². The van der Waals surface area contributed by atoms with Crippen LogP contribution in [0.15, 0.2) is 23.1 Å². The van der Waals surface area contributed by atoms with E-state index >= 15 is 0 Å². The number of hydrogen-bond donors (Lipinski definition) is 1. The molecule has 0 fully saturated rings. The molecule has 0 amide bonds. The quantitative estimate of drug-likeness (QED) is 0.618. The Bertz CT molecular complexity index is 544. The van der Waals surface area contributed by atoms with E-state index in [9.17, 15) is 8.42 Å². The van der Waals surface area contributed by atoms with Crippen molar-refractivity contribution in [2.75, 3.05) is 12.3 Å². The van der Waals surface area contributed by atoms with E-state index in [0.717, 1.165) is 19.3 Å². The second kappa shape index (κ2) is 7.29. The van der Waals surface area contributed by atoms with Crippen molar-refractivity contribution in [1.29, 1.82) is 0 Å². The summed E-state index contributed by atoms with van der Waals surface area (Å²) in [6.45, 7) is 6.37. The third-order valence-corrected chi connectivity index (χ3v) is 5.54. The van der Waals surface area contributed by atoms with E-state index in [0.29, 0.717) is 12.2 Å². The molecule has 2 N–H and O–H groups in total. The Kier molecular flexibility index (Phi) is 6.30. The van der Waals surface area contributed by atoms with Crippen LogP contribution in [0, 0.1) is 0 Å². The Morgan fingerprint density at radius 3 is 2.45 bits per heavy atom. The van der Waals surface area contributed by atoms with Crippen LogP contribution in [0.5, 0.6) is 0 Å². The van der Waals surface area contributed by atoms with Crippen LogP contribution in [0.2, 0.25) is 5.02 Å². The van der Waals surface area contributed by atoms with Crippen molar-refractivity contribution >= 4 is 27.3 Å². The van der Waals surface area contributed by atoms with E-state index in [2.05, 4.69) is 6.92 Å². The first-order valence-corrected chi connectivity index (χ1v) is 8.69. The van der Waals surface area contributed by atoms with Gasteiger partial charge in [0.15, 0.2) is 0 Å². The number of nitrogen functional groups attached to an aromatic ring is 1. The van der Waals surface area contributed by atoms with Crippen molar-refractivity contribution in [2.24, 2.45) is 0 Å². The molecule has 20 heavy (non-hydrogen) atoms. The van der Waals surface area contributed by atoms with Gasteiger partial charge in [0.1, 0.15) is 0 Å². The zero-order chi connectivity index (χ0) is 15.3. The molecular formula is C14H23ClN2O2S. The van der Waals surface area contributed by atoms with Gasteiger partial charge in [-0.3, -0.25) is 0 Å². The third kappa shape index (κ3) is 4.11. The molecule has 1 aromatic rings. The Labute approximate surface area is 127 Å². The SMILES string of the molecule is CCCCCN(C(C)C)S(=O)(=O)c1ccc(N)c(Cl)c1. The predicted octanol–water partition coefficient (Wildman–Crippen LogP) is 3.51. The first-order valence-electron chi connectivity index (χ1n) is 6.87. The van der Waals surface area contributed by atoms with Crippen molar-refractivity contribution in [2.45, 2.75) is 51.0 Å². The molecular weight excluding hydrogens is 296 g/mol. The van der Waals surface area contributed by atoms with Crippen LogP contribution in [-0.4, -0.2) is 25.3 Å². The van der Waals surface area contributed by atoms with Crippen LogP contribution in [0.1, 0.15) is 40.0 Å². The summed E-state index contributed by atoms with van der Waals surface area (Å²) in [4.78, 5) is 0.196. The number of nitrogens with zero attached hydrogens (tertiary/aromatic N) is 1. The number of benzene rings is 1.